The van der Waals surface area contributed by atoms with E-state index in [2.05, 4.69) is 11.1 Å². The first-order valence-electron chi connectivity index (χ1n) is 10.9. The van der Waals surface area contributed by atoms with Crippen LogP contribution >= 0.6 is 0 Å². The molecule has 0 fully saturated rings. The summed E-state index contributed by atoms with van der Waals surface area (Å²) in [4.78, 5) is 26.6. The fourth-order valence-electron chi connectivity index (χ4n) is 4.04. The molecule has 4 rings (SSSR count). The number of allylic oxidation sites excluding steroid dienone is 2. The third kappa shape index (κ3) is 5.14. The summed E-state index contributed by atoms with van der Waals surface area (Å²) in [5.41, 5.74) is 4.98. The van der Waals surface area contributed by atoms with Crippen LogP contribution in [0.4, 0.5) is 0 Å². The number of aromatic nitrogens is 1. The van der Waals surface area contributed by atoms with Crippen LogP contribution in [0.5, 0.6) is 5.75 Å². The predicted octanol–water partition coefficient (Wildman–Crippen LogP) is 5.16. The van der Waals surface area contributed by atoms with E-state index in [4.69, 9.17) is 19.4 Å². The Hall–Kier alpha value is -3.87. The molecule has 0 atom stereocenters. The molecule has 1 aliphatic rings. The van der Waals surface area contributed by atoms with Crippen molar-refractivity contribution >= 4 is 17.5 Å². The molecule has 7 heteroatoms. The summed E-state index contributed by atoms with van der Waals surface area (Å²) in [6.07, 6.45) is 5.05. The van der Waals surface area contributed by atoms with Gasteiger partial charge in [0.1, 0.15) is 11.5 Å². The van der Waals surface area contributed by atoms with Crippen LogP contribution in [0, 0.1) is 6.92 Å². The van der Waals surface area contributed by atoms with Gasteiger partial charge in [-0.25, -0.2) is 9.78 Å². The van der Waals surface area contributed by atoms with Crippen molar-refractivity contribution in [3.63, 3.8) is 0 Å². The van der Waals surface area contributed by atoms with Gasteiger partial charge in [0.15, 0.2) is 0 Å². The zero-order valence-corrected chi connectivity index (χ0v) is 18.3. The largest absolute Gasteiger partial charge is 0.493 e. The van der Waals surface area contributed by atoms with Crippen LogP contribution in [0.25, 0.3) is 17.0 Å². The number of carbonyl (C=O) groups is 2. The minimum atomic E-state index is -0.976. The Labute approximate surface area is 191 Å². The second-order valence-corrected chi connectivity index (χ2v) is 7.95. The highest BCUT2D eigenvalue weighted by atomic mass is 16.5. The highest BCUT2D eigenvalue weighted by Crippen LogP contribution is 2.35. The van der Waals surface area contributed by atoms with Gasteiger partial charge in [-0.15, -0.1) is 0 Å². The van der Waals surface area contributed by atoms with Gasteiger partial charge >= 0.3 is 11.9 Å². The lowest BCUT2D eigenvalue weighted by Crippen LogP contribution is -2.08. The van der Waals surface area contributed by atoms with E-state index in [1.807, 2.05) is 25.1 Å². The number of nitrogens with zero attached hydrogens (tertiary/aromatic N) is 1. The number of fused-ring (bicyclic) bond motifs is 1. The molecule has 0 aliphatic heterocycles. The zero-order valence-electron chi connectivity index (χ0n) is 18.3. The van der Waals surface area contributed by atoms with Gasteiger partial charge < -0.3 is 19.4 Å². The third-order valence-electron chi connectivity index (χ3n) is 5.74. The summed E-state index contributed by atoms with van der Waals surface area (Å²) < 4.78 is 11.9. The van der Waals surface area contributed by atoms with Gasteiger partial charge in [0.05, 0.1) is 17.9 Å². The van der Waals surface area contributed by atoms with Crippen molar-refractivity contribution in [2.45, 2.75) is 39.0 Å². The molecule has 1 aliphatic carbocycles. The van der Waals surface area contributed by atoms with E-state index in [9.17, 15) is 9.59 Å². The summed E-state index contributed by atoms with van der Waals surface area (Å²) in [6.45, 7) is 2.27. The molecular formula is C26H25NO6. The van der Waals surface area contributed by atoms with Gasteiger partial charge in [-0.2, -0.15) is 0 Å². The lowest BCUT2D eigenvalue weighted by Gasteiger charge is -2.20. The minimum absolute atomic E-state index is 0.114. The van der Waals surface area contributed by atoms with Gasteiger partial charge in [0, 0.05) is 24.0 Å². The van der Waals surface area contributed by atoms with E-state index in [0.717, 1.165) is 41.0 Å². The van der Waals surface area contributed by atoms with Crippen LogP contribution in [-0.4, -0.2) is 33.7 Å². The van der Waals surface area contributed by atoms with Crippen molar-refractivity contribution in [1.82, 2.24) is 4.98 Å². The molecule has 33 heavy (non-hydrogen) atoms. The summed E-state index contributed by atoms with van der Waals surface area (Å²) in [7, 11) is 0. The van der Waals surface area contributed by atoms with Gasteiger partial charge in [0.2, 0.25) is 5.89 Å². The maximum absolute atomic E-state index is 11.0. The lowest BCUT2D eigenvalue weighted by molar-refractivity contribution is -0.136. The Morgan fingerprint density at radius 1 is 1.09 bits per heavy atom. The maximum atomic E-state index is 11.0. The van der Waals surface area contributed by atoms with E-state index >= 15 is 0 Å². The first-order chi connectivity index (χ1) is 15.9. The van der Waals surface area contributed by atoms with Crippen LogP contribution in [0.1, 0.15) is 52.2 Å². The average Bonchev–Trinajstić information content (AvgIpc) is 3.18. The molecular weight excluding hydrogens is 422 g/mol. The molecule has 2 N–H and O–H groups in total. The fourth-order valence-corrected chi connectivity index (χ4v) is 4.04. The molecule has 1 heterocycles. The highest BCUT2D eigenvalue weighted by molar-refractivity contribution is 5.88. The van der Waals surface area contributed by atoms with Gasteiger partial charge in [0.25, 0.3) is 0 Å². The molecule has 0 spiro atoms. The summed E-state index contributed by atoms with van der Waals surface area (Å²) in [5, 5.41) is 18.1. The molecule has 7 nitrogen and oxygen atoms in total. The number of aromatic carboxylic acids is 1. The number of benzene rings is 2. The number of hydrogen-bond donors (Lipinski definition) is 2. The highest BCUT2D eigenvalue weighted by Gasteiger charge is 2.18. The van der Waals surface area contributed by atoms with E-state index < -0.39 is 11.9 Å². The molecule has 0 unspecified atom stereocenters. The lowest BCUT2D eigenvalue weighted by atomic mass is 9.88. The Bertz CT molecular complexity index is 1210. The number of oxazole rings is 1. The number of rotatable bonds is 9. The predicted molar refractivity (Wildman–Crippen MR) is 122 cm³/mol. The van der Waals surface area contributed by atoms with E-state index in [-0.39, 0.29) is 12.0 Å². The first-order valence-corrected chi connectivity index (χ1v) is 10.9. The normalized spacial score (nSPS) is 12.7. The summed E-state index contributed by atoms with van der Waals surface area (Å²) in [5.74, 6) is 0.194. The molecule has 2 aromatic carbocycles. The Morgan fingerprint density at radius 3 is 2.61 bits per heavy atom. The van der Waals surface area contributed by atoms with Crippen molar-refractivity contribution in [2.24, 2.45) is 0 Å². The number of aliphatic carboxylic acids is 1. The molecule has 0 saturated heterocycles. The van der Waals surface area contributed by atoms with E-state index in [1.54, 1.807) is 12.1 Å². The van der Waals surface area contributed by atoms with E-state index in [0.29, 0.717) is 36.7 Å². The Morgan fingerprint density at radius 2 is 1.88 bits per heavy atom. The van der Waals surface area contributed by atoms with Crippen molar-refractivity contribution in [3.05, 3.63) is 76.7 Å². The molecule has 0 amide bonds. The number of aryl methyl sites for hydroxylation is 1. The molecule has 3 aromatic rings. The molecule has 0 saturated carbocycles. The number of ether oxygens (including phenoxy) is 1. The number of carboxylic acid groups (broad SMARTS) is 2. The van der Waals surface area contributed by atoms with Gasteiger partial charge in [-0.3, -0.25) is 4.79 Å². The van der Waals surface area contributed by atoms with Crippen molar-refractivity contribution in [2.75, 3.05) is 6.61 Å². The monoisotopic (exact) mass is 447 g/mol. The topological polar surface area (TPSA) is 110 Å². The first kappa shape index (κ1) is 22.3. The summed E-state index contributed by atoms with van der Waals surface area (Å²) in [6, 6.07) is 12.3. The van der Waals surface area contributed by atoms with Crippen LogP contribution < -0.4 is 4.74 Å². The molecule has 0 bridgehead atoms. The molecule has 0 radical (unpaired) electrons. The Balaban J connectivity index is 1.42. The Kier molecular flexibility index (Phi) is 6.58. The van der Waals surface area contributed by atoms with Gasteiger partial charge in [-0.1, -0.05) is 18.2 Å². The average molecular weight is 447 g/mol. The maximum Gasteiger partial charge on any atom is 0.335 e. The SMILES string of the molecule is Cc1oc(-c2ccc(C(=O)O)cc2)nc1CCOc1cccc2c1CCC=C2CCC(=O)O. The fraction of sp³-hybridized carbons (Fsp3) is 0.269. The minimum Gasteiger partial charge on any atom is -0.493 e. The van der Waals surface area contributed by atoms with Crippen LogP contribution in [0.2, 0.25) is 0 Å². The van der Waals surface area contributed by atoms with Crippen LogP contribution in [0.15, 0.2) is 53.0 Å². The second-order valence-electron chi connectivity index (χ2n) is 7.95. The van der Waals surface area contributed by atoms with E-state index in [1.165, 1.54) is 12.1 Å². The number of hydrogen-bond acceptors (Lipinski definition) is 5. The molecule has 170 valence electrons. The number of carboxylic acids is 2. The van der Waals surface area contributed by atoms with Crippen molar-refractivity contribution in [3.8, 4) is 17.2 Å². The molecule has 1 aromatic heterocycles. The quantitative estimate of drug-likeness (QED) is 0.466. The van der Waals surface area contributed by atoms with Gasteiger partial charge in [-0.05, 0) is 67.7 Å². The summed E-state index contributed by atoms with van der Waals surface area (Å²) >= 11 is 0. The van der Waals surface area contributed by atoms with Crippen molar-refractivity contribution < 1.29 is 29.0 Å². The van der Waals surface area contributed by atoms with Crippen molar-refractivity contribution in [1.29, 1.82) is 0 Å². The third-order valence-corrected chi connectivity index (χ3v) is 5.74. The zero-order chi connectivity index (χ0) is 23.4. The van der Waals surface area contributed by atoms with Crippen LogP contribution in [0.3, 0.4) is 0 Å². The van der Waals surface area contributed by atoms with Crippen LogP contribution in [-0.2, 0) is 17.6 Å². The smallest absolute Gasteiger partial charge is 0.335 e. The standard InChI is InChI=1S/C26H25NO6/c1-16-22(27-25(33-16)18-8-10-19(11-9-18)26(30)31)14-15-32-23-7-3-5-20-17(12-13-24(28)29)4-2-6-21(20)23/h3-5,7-11H,2,6,12-15H2,1H3,(H,28,29)(H,30,31). The second kappa shape index (κ2) is 9.73.